The Morgan fingerprint density at radius 2 is 1.48 bits per heavy atom. The lowest BCUT2D eigenvalue weighted by Crippen LogP contribution is -3.01. The van der Waals surface area contributed by atoms with E-state index in [0.29, 0.717) is 5.96 Å². The lowest BCUT2D eigenvalue weighted by Gasteiger charge is -2.47. The van der Waals surface area contributed by atoms with Gasteiger partial charge in [0.15, 0.2) is 0 Å². The molecule has 2 aliphatic rings. The van der Waals surface area contributed by atoms with E-state index in [4.69, 9.17) is 5.73 Å². The Hall–Kier alpha value is -3.06. The molecule has 0 spiro atoms. The van der Waals surface area contributed by atoms with Crippen LogP contribution >= 0.6 is 0 Å². The molecule has 1 fully saturated rings. The third kappa shape index (κ3) is 1.78. The Morgan fingerprint density at radius 3 is 2.08 bits per heavy atom. The van der Waals surface area contributed by atoms with E-state index >= 15 is 0 Å². The summed E-state index contributed by atoms with van der Waals surface area (Å²) in [6.45, 7) is 0. The van der Waals surface area contributed by atoms with Crippen molar-refractivity contribution < 1.29 is 9.79 Å². The van der Waals surface area contributed by atoms with Crippen molar-refractivity contribution in [2.75, 3.05) is 14.1 Å². The summed E-state index contributed by atoms with van der Waals surface area (Å²) in [6, 6.07) is 19.6. The molecule has 7 nitrogen and oxygen atoms in total. The fourth-order valence-electron chi connectivity index (χ4n) is 4.04. The van der Waals surface area contributed by atoms with Gasteiger partial charge >= 0.3 is 12.0 Å². The first-order valence-corrected chi connectivity index (χ1v) is 8.10. The predicted molar refractivity (Wildman–Crippen MR) is 93.6 cm³/mol. The van der Waals surface area contributed by atoms with Crippen molar-refractivity contribution >= 4 is 12.0 Å². The zero-order valence-electron chi connectivity index (χ0n) is 14.2. The highest BCUT2D eigenvalue weighted by Gasteiger charge is 2.71. The number of benzene rings is 2. The Morgan fingerprint density at radius 1 is 0.920 bits per heavy atom. The van der Waals surface area contributed by atoms with E-state index in [9.17, 15) is 4.79 Å². The molecule has 25 heavy (non-hydrogen) atoms. The van der Waals surface area contributed by atoms with Crippen LogP contribution in [0.5, 0.6) is 0 Å². The first kappa shape index (κ1) is 15.5. The van der Waals surface area contributed by atoms with Crippen molar-refractivity contribution in [3.63, 3.8) is 0 Å². The standard InChI is InChI=1S/C18H20N6O/c1-23-16(25)24(2)18(14-11-7-4-8-12-14)17(23,20-15(19)21-22-18)13-9-5-3-6-10-13/h3-12,22H,1-2H3,(H3,19,20,21)/p+1/t17-,18-/m0/s1. The average molecular weight is 337 g/mol. The average Bonchev–Trinajstić information content (AvgIpc) is 2.83. The highest BCUT2D eigenvalue weighted by atomic mass is 16.2. The SMILES string of the molecule is CN1C(=O)N(C)[C@]2(c3ccccc3)[NH+]=C(N)NN[C@@]12c1ccccc1. The fourth-order valence-corrected chi connectivity index (χ4v) is 4.04. The van der Waals surface area contributed by atoms with Gasteiger partial charge in [0.2, 0.25) is 11.3 Å². The Kier molecular flexibility index (Phi) is 3.23. The maximum absolute atomic E-state index is 13.0. The molecule has 128 valence electrons. The summed E-state index contributed by atoms with van der Waals surface area (Å²) < 4.78 is 0. The van der Waals surface area contributed by atoms with Crippen LogP contribution in [0.4, 0.5) is 4.79 Å². The van der Waals surface area contributed by atoms with E-state index in [0.717, 1.165) is 11.1 Å². The minimum absolute atomic E-state index is 0.121. The summed E-state index contributed by atoms with van der Waals surface area (Å²) in [5, 5.41) is 0. The number of urea groups is 1. The summed E-state index contributed by atoms with van der Waals surface area (Å²) in [5.41, 5.74) is 12.4. The highest BCUT2D eigenvalue weighted by Crippen LogP contribution is 2.47. The zero-order chi connectivity index (χ0) is 17.7. The van der Waals surface area contributed by atoms with Gasteiger partial charge in [0.25, 0.3) is 0 Å². The van der Waals surface area contributed by atoms with Gasteiger partial charge in [-0.05, 0) is 0 Å². The minimum atomic E-state index is -0.920. The second-order valence-electron chi connectivity index (χ2n) is 6.34. The number of guanidine groups is 1. The number of hydrazine groups is 1. The van der Waals surface area contributed by atoms with Gasteiger partial charge in [-0.15, -0.1) is 5.43 Å². The maximum atomic E-state index is 13.0. The zero-order valence-corrected chi connectivity index (χ0v) is 14.2. The minimum Gasteiger partial charge on any atom is -0.297 e. The molecule has 0 saturated carbocycles. The third-order valence-electron chi connectivity index (χ3n) is 5.18. The number of fused-ring (bicyclic) bond motifs is 1. The number of nitrogens with zero attached hydrogens (tertiary/aromatic N) is 2. The van der Waals surface area contributed by atoms with Crippen LogP contribution in [0.15, 0.2) is 60.7 Å². The lowest BCUT2D eigenvalue weighted by atomic mass is 9.80. The van der Waals surface area contributed by atoms with Gasteiger partial charge in [-0.2, -0.15) is 0 Å². The molecular weight excluding hydrogens is 316 g/mol. The molecule has 0 bridgehead atoms. The normalized spacial score (nSPS) is 28.4. The van der Waals surface area contributed by atoms with Crippen LogP contribution in [0.2, 0.25) is 0 Å². The molecule has 7 heteroatoms. The van der Waals surface area contributed by atoms with Gasteiger partial charge < -0.3 is 0 Å². The Labute approximate surface area is 146 Å². The number of hydrogen-bond donors (Lipinski definition) is 4. The van der Waals surface area contributed by atoms with Crippen molar-refractivity contribution in [1.82, 2.24) is 20.7 Å². The smallest absolute Gasteiger partial charge is 0.297 e. The number of amides is 2. The van der Waals surface area contributed by atoms with Crippen molar-refractivity contribution in [2.24, 2.45) is 5.73 Å². The molecule has 0 radical (unpaired) electrons. The van der Waals surface area contributed by atoms with Crippen LogP contribution in [-0.2, 0) is 11.3 Å². The predicted octanol–water partition coefficient (Wildman–Crippen LogP) is -0.807. The summed E-state index contributed by atoms with van der Waals surface area (Å²) in [7, 11) is 3.57. The van der Waals surface area contributed by atoms with Crippen molar-refractivity contribution in [3.8, 4) is 0 Å². The number of rotatable bonds is 2. The van der Waals surface area contributed by atoms with Gasteiger partial charge in [-0.3, -0.25) is 15.5 Å². The number of carbonyl (C=O) groups excluding carboxylic acids is 1. The number of nitrogens with one attached hydrogen (secondary N) is 3. The largest absolute Gasteiger partial charge is 0.360 e. The molecule has 2 aromatic rings. The van der Waals surface area contributed by atoms with Gasteiger partial charge in [-0.1, -0.05) is 60.7 Å². The van der Waals surface area contributed by atoms with Crippen molar-refractivity contribution in [1.29, 1.82) is 0 Å². The second kappa shape index (κ2) is 5.22. The third-order valence-corrected chi connectivity index (χ3v) is 5.18. The van der Waals surface area contributed by atoms with Crippen LogP contribution in [0.1, 0.15) is 11.1 Å². The molecule has 2 aromatic carbocycles. The monoisotopic (exact) mass is 337 g/mol. The topological polar surface area (TPSA) is 87.6 Å². The van der Waals surface area contributed by atoms with Crippen LogP contribution in [0, 0.1) is 0 Å². The van der Waals surface area contributed by atoms with E-state index < -0.39 is 11.3 Å². The molecule has 1 saturated heterocycles. The first-order chi connectivity index (χ1) is 12.0. The van der Waals surface area contributed by atoms with Crippen LogP contribution in [0.3, 0.4) is 0 Å². The molecule has 0 aromatic heterocycles. The number of nitrogens with two attached hydrogens (primary N) is 1. The van der Waals surface area contributed by atoms with Crippen LogP contribution in [-0.4, -0.2) is 35.9 Å². The molecule has 5 N–H and O–H groups in total. The number of carbonyl (C=O) groups is 1. The number of likely N-dealkylation sites (N-methyl/N-ethyl adjacent to an activating group) is 2. The van der Waals surface area contributed by atoms with Gasteiger partial charge in [0.05, 0.1) is 0 Å². The second-order valence-corrected chi connectivity index (χ2v) is 6.34. The molecule has 2 amide bonds. The van der Waals surface area contributed by atoms with E-state index in [2.05, 4.69) is 15.8 Å². The fraction of sp³-hybridized carbons (Fsp3) is 0.222. The molecule has 2 heterocycles. The quantitative estimate of drug-likeness (QED) is 0.577. The van der Waals surface area contributed by atoms with Gasteiger partial charge in [-0.25, -0.2) is 15.2 Å². The Bertz CT molecular complexity index is 839. The maximum Gasteiger partial charge on any atom is 0.360 e. The van der Waals surface area contributed by atoms with E-state index in [1.165, 1.54) is 0 Å². The molecule has 0 aliphatic carbocycles. The summed E-state index contributed by atoms with van der Waals surface area (Å²) in [5.74, 6) is 0.352. The van der Waals surface area contributed by atoms with E-state index in [1.807, 2.05) is 60.7 Å². The van der Waals surface area contributed by atoms with Crippen LogP contribution < -0.4 is 21.6 Å². The Balaban J connectivity index is 2.10. The number of hydrogen-bond acceptors (Lipinski definition) is 4. The lowest BCUT2D eigenvalue weighted by molar-refractivity contribution is -0.620. The first-order valence-electron chi connectivity index (χ1n) is 8.10. The van der Waals surface area contributed by atoms with Gasteiger partial charge in [0.1, 0.15) is 0 Å². The van der Waals surface area contributed by atoms with Gasteiger partial charge in [0, 0.05) is 25.2 Å². The molecule has 0 unspecified atom stereocenters. The molecule has 2 atom stereocenters. The van der Waals surface area contributed by atoms with Crippen molar-refractivity contribution in [3.05, 3.63) is 71.8 Å². The van der Waals surface area contributed by atoms with E-state index in [1.54, 1.807) is 23.9 Å². The van der Waals surface area contributed by atoms with E-state index in [-0.39, 0.29) is 6.03 Å². The molecule has 4 rings (SSSR count). The summed E-state index contributed by atoms with van der Waals surface area (Å²) in [4.78, 5) is 19.8. The van der Waals surface area contributed by atoms with Crippen LogP contribution in [0.25, 0.3) is 0 Å². The summed E-state index contributed by atoms with van der Waals surface area (Å²) >= 11 is 0. The highest BCUT2D eigenvalue weighted by molar-refractivity contribution is 5.81. The summed E-state index contributed by atoms with van der Waals surface area (Å²) in [6.07, 6.45) is 0. The van der Waals surface area contributed by atoms with Crippen molar-refractivity contribution in [2.45, 2.75) is 11.3 Å². The molecule has 2 aliphatic heterocycles. The molecular formula is C18H21N6O+.